The first-order chi connectivity index (χ1) is 32.9. The Balaban J connectivity index is 1.13. The number of hydrogen-bond donors (Lipinski definition) is 3. The zero-order valence-electron chi connectivity index (χ0n) is 41.0. The van der Waals surface area contributed by atoms with Crippen molar-refractivity contribution < 1.29 is 43.3 Å². The summed E-state index contributed by atoms with van der Waals surface area (Å²) in [7, 11) is 2.83. The number of aryl methyl sites for hydroxylation is 2. The third-order valence-corrected chi connectivity index (χ3v) is 14.2. The van der Waals surface area contributed by atoms with E-state index in [9.17, 15) is 33.9 Å². The third kappa shape index (κ3) is 10.0. The molecule has 5 amide bonds. The highest BCUT2D eigenvalue weighted by Gasteiger charge is 2.49. The van der Waals surface area contributed by atoms with E-state index in [1.807, 2.05) is 38.4 Å². The number of methoxy groups -OCH3 is 1. The molecule has 0 saturated carbocycles. The number of cyclic esters (lactones) is 1. The number of hydrazine groups is 1. The van der Waals surface area contributed by atoms with Crippen LogP contribution in [-0.2, 0) is 59.3 Å². The number of rotatable bonds is 9. The number of esters is 2. The molecule has 2 aromatic carbocycles. The minimum atomic E-state index is -1.19. The van der Waals surface area contributed by atoms with Gasteiger partial charge in [0.2, 0.25) is 11.8 Å². The zero-order chi connectivity index (χ0) is 49.5. The number of nitrogens with one attached hydrogen (secondary N) is 2. The molecule has 5 atom stereocenters. The number of pyridine rings is 1. The molecule has 3 fully saturated rings. The van der Waals surface area contributed by atoms with Gasteiger partial charge in [0.25, 0.3) is 5.91 Å². The Morgan fingerprint density at radius 2 is 1.81 bits per heavy atom. The predicted octanol–water partition coefficient (Wildman–Crippen LogP) is 5.09. The number of aromatic nitrogens is 2. The van der Waals surface area contributed by atoms with Gasteiger partial charge in [-0.25, -0.2) is 15.0 Å². The monoisotopic (exact) mass is 946 g/mol. The average molecular weight is 947 g/mol. The number of phenolic OH excluding ortho intramolecular Hbond substituents is 1. The molecule has 4 aliphatic rings. The maximum Gasteiger partial charge on any atom is 0.330 e. The van der Waals surface area contributed by atoms with E-state index >= 15 is 0 Å². The van der Waals surface area contributed by atoms with Crippen LogP contribution in [0.25, 0.3) is 33.3 Å². The minimum Gasteiger partial charge on any atom is -0.508 e. The van der Waals surface area contributed by atoms with E-state index < -0.39 is 59.3 Å². The molecule has 6 bridgehead atoms. The maximum atomic E-state index is 14.8. The van der Waals surface area contributed by atoms with E-state index in [0.717, 1.165) is 45.3 Å². The van der Waals surface area contributed by atoms with Crippen molar-refractivity contribution in [2.45, 2.75) is 111 Å². The van der Waals surface area contributed by atoms with Gasteiger partial charge in [-0.3, -0.25) is 29.2 Å². The Hall–Kier alpha value is -6.49. The molecule has 4 aliphatic heterocycles. The number of carbonyl (C=O) groups is 6. The van der Waals surface area contributed by atoms with Gasteiger partial charge in [-0.05, 0) is 103 Å². The van der Waals surface area contributed by atoms with E-state index in [1.165, 1.54) is 27.5 Å². The van der Waals surface area contributed by atoms with E-state index in [-0.39, 0.29) is 56.3 Å². The van der Waals surface area contributed by atoms with Crippen molar-refractivity contribution >= 4 is 46.6 Å². The molecule has 2 aromatic heterocycles. The van der Waals surface area contributed by atoms with Crippen LogP contribution in [0.4, 0.5) is 4.79 Å². The van der Waals surface area contributed by atoms with E-state index in [2.05, 4.69) is 66.2 Å². The average Bonchev–Trinajstić information content (AvgIpc) is 3.88. The Labute approximate surface area is 403 Å². The van der Waals surface area contributed by atoms with Gasteiger partial charge in [-0.15, -0.1) is 0 Å². The fourth-order valence-electron chi connectivity index (χ4n) is 10.6. The van der Waals surface area contributed by atoms with Gasteiger partial charge in [-0.1, -0.05) is 46.8 Å². The zero-order valence-corrected chi connectivity index (χ0v) is 41.0. The molecule has 0 spiro atoms. The van der Waals surface area contributed by atoms with Crippen molar-refractivity contribution in [3.63, 3.8) is 0 Å². The normalized spacial score (nSPS) is 22.0. The predicted molar refractivity (Wildman–Crippen MR) is 258 cm³/mol. The molecular weight excluding hydrogens is 881 g/mol. The molecule has 6 heterocycles. The second-order valence-corrected chi connectivity index (χ2v) is 20.1. The van der Waals surface area contributed by atoms with Gasteiger partial charge in [0.1, 0.15) is 29.9 Å². The largest absolute Gasteiger partial charge is 0.508 e. The van der Waals surface area contributed by atoms with Crippen molar-refractivity contribution in [2.75, 3.05) is 46.9 Å². The smallest absolute Gasteiger partial charge is 0.330 e. The van der Waals surface area contributed by atoms with Crippen molar-refractivity contribution in [1.82, 2.24) is 40.0 Å². The summed E-state index contributed by atoms with van der Waals surface area (Å²) in [5, 5.41) is 16.7. The molecule has 3 N–H and O–H groups in total. The topological polar surface area (TPSA) is 196 Å². The second kappa shape index (κ2) is 19.9. The molecule has 368 valence electrons. The van der Waals surface area contributed by atoms with Crippen LogP contribution in [-0.4, -0.2) is 141 Å². The van der Waals surface area contributed by atoms with Crippen molar-refractivity contribution in [3.05, 3.63) is 71.5 Å². The number of phenols is 1. The van der Waals surface area contributed by atoms with Gasteiger partial charge in [0.15, 0.2) is 0 Å². The molecule has 0 unspecified atom stereocenters. The number of fused-ring (bicyclic) bond motifs is 6. The number of nitrogens with zero attached hydrogens (tertiary/aromatic N) is 6. The Kier molecular flexibility index (Phi) is 14.1. The van der Waals surface area contributed by atoms with Crippen LogP contribution in [0.15, 0.2) is 54.9 Å². The molecule has 4 aromatic rings. The Morgan fingerprint density at radius 3 is 2.54 bits per heavy atom. The lowest BCUT2D eigenvalue weighted by Crippen LogP contribution is -2.62. The van der Waals surface area contributed by atoms with Gasteiger partial charge >= 0.3 is 18.0 Å². The van der Waals surface area contributed by atoms with Crippen molar-refractivity contribution in [2.24, 2.45) is 17.3 Å². The van der Waals surface area contributed by atoms with Crippen LogP contribution >= 0.6 is 0 Å². The summed E-state index contributed by atoms with van der Waals surface area (Å²) in [6, 6.07) is 9.54. The lowest BCUT2D eigenvalue weighted by Gasteiger charge is -2.37. The summed E-state index contributed by atoms with van der Waals surface area (Å²) in [6.07, 6.45) is 6.42. The molecule has 0 aliphatic carbocycles. The van der Waals surface area contributed by atoms with E-state index in [0.29, 0.717) is 44.3 Å². The fourth-order valence-corrected chi connectivity index (χ4v) is 10.6. The summed E-state index contributed by atoms with van der Waals surface area (Å²) in [4.78, 5) is 91.5. The van der Waals surface area contributed by atoms with Crippen LogP contribution in [0.1, 0.15) is 77.5 Å². The highest BCUT2D eigenvalue weighted by atomic mass is 16.5. The van der Waals surface area contributed by atoms with Crippen LogP contribution in [0.2, 0.25) is 0 Å². The summed E-state index contributed by atoms with van der Waals surface area (Å²) < 4.78 is 13.2. The first kappa shape index (κ1) is 48.9. The van der Waals surface area contributed by atoms with Gasteiger partial charge in [-0.2, -0.15) is 0 Å². The number of likely N-dealkylation sites (N-methyl/N-ethyl adjacent to an activating group) is 1. The van der Waals surface area contributed by atoms with Gasteiger partial charge in [0.05, 0.1) is 31.9 Å². The van der Waals surface area contributed by atoms with Crippen molar-refractivity contribution in [1.29, 1.82) is 0 Å². The lowest BCUT2D eigenvalue weighted by atomic mass is 9.84. The van der Waals surface area contributed by atoms with E-state index in [1.54, 1.807) is 24.1 Å². The van der Waals surface area contributed by atoms with Crippen LogP contribution < -0.4 is 10.7 Å². The summed E-state index contributed by atoms with van der Waals surface area (Å²) in [5.74, 6) is -3.32. The second-order valence-electron chi connectivity index (χ2n) is 20.1. The number of likely N-dealkylation sites (tertiary alicyclic amines) is 1. The standard InChI is InChI=1S/C52H66N8O9/c1-9-32-15-17-53-26-39(32)45-38-25-52(5,6)29-69-49(65)40-12-11-18-60(55-40)48(64)41(22-31-20-35(23-36(61)21-31)33-13-14-42(37(38)24-33)58(45)10-2)54-46(62)44(30(3)4)56(7)47(63)34-16-19-57(27-34)51(67)59-28-43(59)50(66)68-8/h13-15,17,20-21,23-24,26,30,34,40-41,43-44,55,61H,9-12,16,18-19,22,25,27-29H2,1-8H3,(H,54,62)/t34-,40-,41-,43+,44-,59?/m0/s1. The summed E-state index contributed by atoms with van der Waals surface area (Å²) >= 11 is 0. The maximum absolute atomic E-state index is 14.8. The number of amides is 5. The number of urea groups is 1. The van der Waals surface area contributed by atoms with Crippen LogP contribution in [0.5, 0.6) is 5.75 Å². The number of benzene rings is 2. The molecule has 69 heavy (non-hydrogen) atoms. The number of carbonyl (C=O) groups excluding carboxylic acids is 6. The van der Waals surface area contributed by atoms with Gasteiger partial charge < -0.3 is 39.2 Å². The highest BCUT2D eigenvalue weighted by Crippen LogP contribution is 2.41. The molecule has 8 rings (SSSR count). The molecule has 0 radical (unpaired) electrons. The lowest BCUT2D eigenvalue weighted by molar-refractivity contribution is -0.155. The quantitative estimate of drug-likeness (QED) is 0.150. The highest BCUT2D eigenvalue weighted by molar-refractivity contribution is 5.96. The third-order valence-electron chi connectivity index (χ3n) is 14.2. The molecular formula is C52H66N8O9. The van der Waals surface area contributed by atoms with Gasteiger partial charge in [0, 0.05) is 73.9 Å². The molecule has 3 saturated heterocycles. The first-order valence-electron chi connectivity index (χ1n) is 24.3. The fraction of sp³-hybridized carbons (Fsp3) is 0.519. The molecule has 17 nitrogen and oxygen atoms in total. The Bertz CT molecular complexity index is 2660. The number of ether oxygens (including phenoxy) is 2. The number of aromatic hydroxyl groups is 1. The SMILES string of the molecule is CCc1ccncc1-c1c2c3cc(ccc3n1CC)-c1cc(O)cc(c1)C[C@H](NC(=O)[C@H](C(C)C)N(C)C(=O)[C@H]1CCN(C(=O)N3C[C@@H]3C(=O)OC)C1)C(=O)N1CCC[C@H](N1)C(=O)OCC(C)(C)C2. The van der Waals surface area contributed by atoms with Crippen molar-refractivity contribution in [3.8, 4) is 28.1 Å². The van der Waals surface area contributed by atoms with E-state index in [4.69, 9.17) is 9.47 Å². The molecule has 17 heteroatoms. The minimum absolute atomic E-state index is 0.0154. The number of hydrogen-bond acceptors (Lipinski definition) is 11. The Morgan fingerprint density at radius 1 is 1.03 bits per heavy atom. The van der Waals surface area contributed by atoms with Crippen LogP contribution in [0.3, 0.4) is 0 Å². The summed E-state index contributed by atoms with van der Waals surface area (Å²) in [6.45, 7) is 13.8. The first-order valence-corrected chi connectivity index (χ1v) is 24.3. The van der Waals surface area contributed by atoms with Crippen LogP contribution in [0, 0.1) is 17.3 Å². The summed E-state index contributed by atoms with van der Waals surface area (Å²) in [5.41, 5.74) is 10.1.